The Balaban J connectivity index is 1.79. The van der Waals surface area contributed by atoms with Crippen molar-refractivity contribution in [3.8, 4) is 11.5 Å². The molecule has 1 aliphatic rings. The summed E-state index contributed by atoms with van der Waals surface area (Å²) in [5, 5.41) is 9.93. The fourth-order valence-electron chi connectivity index (χ4n) is 2.91. The van der Waals surface area contributed by atoms with Crippen LogP contribution < -0.4 is 4.74 Å². The third-order valence-corrected chi connectivity index (χ3v) is 4.89. The summed E-state index contributed by atoms with van der Waals surface area (Å²) in [5.41, 5.74) is 0.410. The summed E-state index contributed by atoms with van der Waals surface area (Å²) in [5.74, 6) is -0.589. The molecule has 0 spiro atoms. The van der Waals surface area contributed by atoms with Crippen molar-refractivity contribution in [2.75, 3.05) is 13.1 Å². The summed E-state index contributed by atoms with van der Waals surface area (Å²) in [6.07, 6.45) is 0.903. The lowest BCUT2D eigenvalue weighted by Crippen LogP contribution is -2.40. The summed E-state index contributed by atoms with van der Waals surface area (Å²) in [4.78, 5) is 25.6. The van der Waals surface area contributed by atoms with Crippen molar-refractivity contribution in [1.82, 2.24) is 4.90 Å². The molecule has 2 aromatic rings. The van der Waals surface area contributed by atoms with Gasteiger partial charge in [-0.05, 0) is 43.2 Å². The van der Waals surface area contributed by atoms with E-state index < -0.39 is 11.9 Å². The second kappa shape index (κ2) is 7.98. The van der Waals surface area contributed by atoms with Crippen molar-refractivity contribution >= 4 is 35.1 Å². The second-order valence-electron chi connectivity index (χ2n) is 6.08. The highest BCUT2D eigenvalue weighted by atomic mass is 35.5. The van der Waals surface area contributed by atoms with Crippen molar-refractivity contribution in [1.29, 1.82) is 0 Å². The summed E-state index contributed by atoms with van der Waals surface area (Å²) in [6.45, 7) is 0.817. The van der Waals surface area contributed by atoms with E-state index in [1.54, 1.807) is 47.4 Å². The van der Waals surface area contributed by atoms with Crippen LogP contribution in [-0.4, -0.2) is 35.0 Å². The van der Waals surface area contributed by atoms with E-state index >= 15 is 0 Å². The molecule has 26 heavy (non-hydrogen) atoms. The number of likely N-dealkylation sites (tertiary alicyclic amines) is 1. The van der Waals surface area contributed by atoms with Gasteiger partial charge in [0, 0.05) is 18.1 Å². The van der Waals surface area contributed by atoms with Crippen LogP contribution in [0, 0.1) is 5.92 Å². The first-order chi connectivity index (χ1) is 12.5. The highest BCUT2D eigenvalue weighted by Gasteiger charge is 2.28. The molecule has 3 rings (SSSR count). The molecule has 0 aliphatic carbocycles. The van der Waals surface area contributed by atoms with E-state index in [1.165, 1.54) is 0 Å². The van der Waals surface area contributed by atoms with Crippen LogP contribution in [0.4, 0.5) is 0 Å². The molecule has 1 N–H and O–H groups in total. The molecule has 1 saturated heterocycles. The lowest BCUT2D eigenvalue weighted by molar-refractivity contribution is -0.143. The minimum atomic E-state index is -0.807. The molecule has 0 aromatic heterocycles. The van der Waals surface area contributed by atoms with Gasteiger partial charge in [0.1, 0.15) is 11.5 Å². The Morgan fingerprint density at radius 2 is 1.73 bits per heavy atom. The average Bonchev–Trinajstić information content (AvgIpc) is 2.64. The lowest BCUT2D eigenvalue weighted by atomic mass is 9.96. The SMILES string of the molecule is O=C(O)C1CCN(C(=O)c2ccccc2Oc2ccc(Cl)cc2Cl)CC1. The number of aliphatic carboxylic acids is 1. The molecule has 0 atom stereocenters. The van der Waals surface area contributed by atoms with Crippen molar-refractivity contribution in [3.05, 3.63) is 58.1 Å². The predicted molar refractivity (Wildman–Crippen MR) is 99.2 cm³/mol. The second-order valence-corrected chi connectivity index (χ2v) is 6.92. The van der Waals surface area contributed by atoms with Gasteiger partial charge in [-0.25, -0.2) is 0 Å². The monoisotopic (exact) mass is 393 g/mol. The van der Waals surface area contributed by atoms with E-state index in [4.69, 9.17) is 33.0 Å². The number of carbonyl (C=O) groups excluding carboxylic acids is 1. The molecule has 1 fully saturated rings. The number of ether oxygens (including phenoxy) is 1. The van der Waals surface area contributed by atoms with E-state index in [2.05, 4.69) is 0 Å². The van der Waals surface area contributed by atoms with Gasteiger partial charge < -0.3 is 14.7 Å². The number of nitrogens with zero attached hydrogens (tertiary/aromatic N) is 1. The van der Waals surface area contributed by atoms with Crippen LogP contribution in [0.25, 0.3) is 0 Å². The van der Waals surface area contributed by atoms with E-state index in [1.807, 2.05) is 0 Å². The molecule has 0 saturated carbocycles. The van der Waals surface area contributed by atoms with Gasteiger partial charge in [0.2, 0.25) is 0 Å². The Kier molecular flexibility index (Phi) is 5.69. The van der Waals surface area contributed by atoms with Crippen LogP contribution in [0.3, 0.4) is 0 Å². The minimum Gasteiger partial charge on any atom is -0.481 e. The Morgan fingerprint density at radius 1 is 1.04 bits per heavy atom. The summed E-state index contributed by atoms with van der Waals surface area (Å²) in [6, 6.07) is 11.8. The maximum Gasteiger partial charge on any atom is 0.306 e. The molecule has 136 valence electrons. The van der Waals surface area contributed by atoms with Gasteiger partial charge in [-0.1, -0.05) is 35.3 Å². The number of carboxylic acid groups (broad SMARTS) is 1. The standard InChI is InChI=1S/C19H17Cl2NO4/c20-13-5-6-17(15(21)11-13)26-16-4-2-1-3-14(16)18(23)22-9-7-12(8-10-22)19(24)25/h1-6,11-12H,7-10H2,(H,24,25). The maximum atomic E-state index is 12.9. The smallest absolute Gasteiger partial charge is 0.306 e. The largest absolute Gasteiger partial charge is 0.481 e. The number of piperidine rings is 1. The fraction of sp³-hybridized carbons (Fsp3) is 0.263. The number of para-hydroxylation sites is 1. The number of benzene rings is 2. The molecular weight excluding hydrogens is 377 g/mol. The Morgan fingerprint density at radius 3 is 2.38 bits per heavy atom. The van der Waals surface area contributed by atoms with Crippen molar-refractivity contribution in [3.63, 3.8) is 0 Å². The minimum absolute atomic E-state index is 0.186. The number of carboxylic acids is 1. The van der Waals surface area contributed by atoms with Crippen molar-refractivity contribution in [2.45, 2.75) is 12.8 Å². The zero-order valence-corrected chi connectivity index (χ0v) is 15.3. The van der Waals surface area contributed by atoms with Crippen LogP contribution in [-0.2, 0) is 4.79 Å². The van der Waals surface area contributed by atoms with Gasteiger partial charge in [0.25, 0.3) is 5.91 Å². The van der Waals surface area contributed by atoms with Crippen molar-refractivity contribution < 1.29 is 19.4 Å². The van der Waals surface area contributed by atoms with E-state index in [0.717, 1.165) is 0 Å². The van der Waals surface area contributed by atoms with Gasteiger partial charge in [-0.2, -0.15) is 0 Å². The zero-order chi connectivity index (χ0) is 18.7. The third-order valence-electron chi connectivity index (χ3n) is 4.36. The highest BCUT2D eigenvalue weighted by molar-refractivity contribution is 6.35. The van der Waals surface area contributed by atoms with E-state index in [9.17, 15) is 9.59 Å². The molecule has 0 radical (unpaired) electrons. The van der Waals surface area contributed by atoms with Crippen LogP contribution in [0.15, 0.2) is 42.5 Å². The van der Waals surface area contributed by atoms with Crippen LogP contribution in [0.2, 0.25) is 10.0 Å². The Labute approximate surface area is 161 Å². The number of halogens is 2. The Hall–Kier alpha value is -2.24. The van der Waals surface area contributed by atoms with Crippen molar-refractivity contribution in [2.24, 2.45) is 5.92 Å². The quantitative estimate of drug-likeness (QED) is 0.815. The van der Waals surface area contributed by atoms with E-state index in [0.29, 0.717) is 53.0 Å². The average molecular weight is 394 g/mol. The molecule has 5 nitrogen and oxygen atoms in total. The lowest BCUT2D eigenvalue weighted by Gasteiger charge is -2.30. The zero-order valence-electron chi connectivity index (χ0n) is 13.8. The van der Waals surface area contributed by atoms with Gasteiger partial charge in [-0.3, -0.25) is 9.59 Å². The first-order valence-corrected chi connectivity index (χ1v) is 8.95. The van der Waals surface area contributed by atoms with Crippen LogP contribution >= 0.6 is 23.2 Å². The maximum absolute atomic E-state index is 12.9. The molecule has 1 aliphatic heterocycles. The summed E-state index contributed by atoms with van der Waals surface area (Å²) in [7, 11) is 0. The molecular formula is C19H17Cl2NO4. The number of rotatable bonds is 4. The first-order valence-electron chi connectivity index (χ1n) is 8.19. The summed E-state index contributed by atoms with van der Waals surface area (Å²) >= 11 is 12.0. The Bertz CT molecular complexity index is 832. The normalized spacial score (nSPS) is 14.9. The van der Waals surface area contributed by atoms with Gasteiger partial charge in [-0.15, -0.1) is 0 Å². The molecule has 1 heterocycles. The number of carbonyl (C=O) groups is 2. The number of hydrogen-bond acceptors (Lipinski definition) is 3. The topological polar surface area (TPSA) is 66.8 Å². The predicted octanol–water partition coefficient (Wildman–Crippen LogP) is 4.72. The molecule has 1 amide bonds. The van der Waals surface area contributed by atoms with Gasteiger partial charge in [0.15, 0.2) is 0 Å². The number of hydrogen-bond donors (Lipinski definition) is 1. The van der Waals surface area contributed by atoms with Crippen LogP contribution in [0.5, 0.6) is 11.5 Å². The molecule has 0 unspecified atom stereocenters. The fourth-order valence-corrected chi connectivity index (χ4v) is 3.36. The first kappa shape index (κ1) is 18.5. The molecule has 7 heteroatoms. The van der Waals surface area contributed by atoms with Gasteiger partial charge in [0.05, 0.1) is 16.5 Å². The highest BCUT2D eigenvalue weighted by Crippen LogP contribution is 2.33. The molecule has 0 bridgehead atoms. The summed E-state index contributed by atoms with van der Waals surface area (Å²) < 4.78 is 5.83. The van der Waals surface area contributed by atoms with E-state index in [-0.39, 0.29) is 5.91 Å². The number of amides is 1. The van der Waals surface area contributed by atoms with Crippen LogP contribution in [0.1, 0.15) is 23.2 Å². The third kappa shape index (κ3) is 4.11. The molecule has 2 aromatic carbocycles. The van der Waals surface area contributed by atoms with Gasteiger partial charge >= 0.3 is 5.97 Å².